The Hall–Kier alpha value is -1.26. The number of aliphatic imine (C=N–C) groups is 1. The molecule has 0 heterocycles. The van der Waals surface area contributed by atoms with Crippen LogP contribution >= 0.6 is 0 Å². The molecule has 124 valence electrons. The van der Waals surface area contributed by atoms with Crippen LogP contribution in [0.1, 0.15) is 59.8 Å². The molecule has 0 aliphatic heterocycles. The van der Waals surface area contributed by atoms with Gasteiger partial charge in [-0.2, -0.15) is 0 Å². The van der Waals surface area contributed by atoms with Crippen molar-refractivity contribution in [1.82, 2.24) is 10.6 Å². The van der Waals surface area contributed by atoms with Crippen LogP contribution in [0.5, 0.6) is 0 Å². The van der Waals surface area contributed by atoms with Gasteiger partial charge in [0.15, 0.2) is 5.96 Å². The van der Waals surface area contributed by atoms with Gasteiger partial charge in [-0.25, -0.2) is 0 Å². The summed E-state index contributed by atoms with van der Waals surface area (Å²) in [7, 11) is 1.42. The predicted octanol–water partition coefficient (Wildman–Crippen LogP) is 2.71. The molecule has 0 aromatic rings. The molecule has 0 aliphatic rings. The SMILES string of the molecule is CCNC(=NCCCCC(=O)OC)NC(C)CCC(C)C. The van der Waals surface area contributed by atoms with Crippen LogP contribution in [0.15, 0.2) is 4.99 Å². The monoisotopic (exact) mass is 299 g/mol. The van der Waals surface area contributed by atoms with Gasteiger partial charge in [0.1, 0.15) is 0 Å². The lowest BCUT2D eigenvalue weighted by atomic mass is 10.0. The number of methoxy groups -OCH3 is 1. The second kappa shape index (κ2) is 12.5. The van der Waals surface area contributed by atoms with E-state index in [0.29, 0.717) is 12.5 Å². The van der Waals surface area contributed by atoms with Gasteiger partial charge >= 0.3 is 5.97 Å². The third-order valence-corrected chi connectivity index (χ3v) is 3.19. The average Bonchev–Trinajstić information content (AvgIpc) is 2.44. The second-order valence-corrected chi connectivity index (χ2v) is 5.81. The molecule has 0 amide bonds. The molecular formula is C16H33N3O2. The fourth-order valence-electron chi connectivity index (χ4n) is 1.88. The number of unbranched alkanes of at least 4 members (excludes halogenated alkanes) is 1. The Morgan fingerprint density at radius 1 is 1.19 bits per heavy atom. The maximum absolute atomic E-state index is 11.0. The maximum atomic E-state index is 11.0. The minimum Gasteiger partial charge on any atom is -0.469 e. The molecular weight excluding hydrogens is 266 g/mol. The number of esters is 1. The summed E-state index contributed by atoms with van der Waals surface area (Å²) >= 11 is 0. The lowest BCUT2D eigenvalue weighted by Gasteiger charge is -2.18. The normalized spacial score (nSPS) is 13.1. The number of nitrogens with one attached hydrogen (secondary N) is 2. The minimum absolute atomic E-state index is 0.147. The first-order valence-corrected chi connectivity index (χ1v) is 8.11. The van der Waals surface area contributed by atoms with Crippen LogP contribution in [0.3, 0.4) is 0 Å². The zero-order chi connectivity index (χ0) is 16.1. The zero-order valence-electron chi connectivity index (χ0n) is 14.4. The molecule has 1 unspecified atom stereocenters. The molecule has 0 bridgehead atoms. The molecule has 2 N–H and O–H groups in total. The first-order valence-electron chi connectivity index (χ1n) is 8.11. The van der Waals surface area contributed by atoms with Gasteiger partial charge in [0.2, 0.25) is 0 Å². The van der Waals surface area contributed by atoms with Gasteiger partial charge in [0, 0.05) is 25.6 Å². The van der Waals surface area contributed by atoms with Crippen molar-refractivity contribution in [3.63, 3.8) is 0 Å². The van der Waals surface area contributed by atoms with Crippen LogP contribution in [0, 0.1) is 5.92 Å². The number of guanidine groups is 1. The van der Waals surface area contributed by atoms with Crippen LogP contribution in [0.25, 0.3) is 0 Å². The van der Waals surface area contributed by atoms with Crippen LogP contribution < -0.4 is 10.6 Å². The van der Waals surface area contributed by atoms with E-state index in [-0.39, 0.29) is 5.97 Å². The van der Waals surface area contributed by atoms with Gasteiger partial charge in [-0.05, 0) is 45.4 Å². The van der Waals surface area contributed by atoms with E-state index in [1.165, 1.54) is 13.5 Å². The lowest BCUT2D eigenvalue weighted by Crippen LogP contribution is -2.42. The minimum atomic E-state index is -0.147. The van der Waals surface area contributed by atoms with Crippen molar-refractivity contribution in [2.75, 3.05) is 20.2 Å². The Morgan fingerprint density at radius 2 is 1.90 bits per heavy atom. The highest BCUT2D eigenvalue weighted by Crippen LogP contribution is 2.06. The van der Waals surface area contributed by atoms with Crippen LogP contribution in [-0.4, -0.2) is 38.2 Å². The van der Waals surface area contributed by atoms with E-state index >= 15 is 0 Å². The van der Waals surface area contributed by atoms with Crippen molar-refractivity contribution in [3.8, 4) is 0 Å². The molecule has 1 atom stereocenters. The topological polar surface area (TPSA) is 62.7 Å². The number of ether oxygens (including phenoxy) is 1. The largest absolute Gasteiger partial charge is 0.469 e. The third-order valence-electron chi connectivity index (χ3n) is 3.19. The molecule has 0 saturated carbocycles. The van der Waals surface area contributed by atoms with E-state index in [2.05, 4.69) is 48.1 Å². The number of hydrogen-bond donors (Lipinski definition) is 2. The standard InChI is InChI=1S/C16H33N3O2/c1-6-17-16(19-14(4)11-10-13(2)3)18-12-8-7-9-15(20)21-5/h13-14H,6-12H2,1-5H3,(H2,17,18,19). The van der Waals surface area contributed by atoms with E-state index in [1.807, 2.05) is 0 Å². The Labute approximate surface area is 129 Å². The van der Waals surface area contributed by atoms with Crippen molar-refractivity contribution in [2.45, 2.75) is 65.8 Å². The van der Waals surface area contributed by atoms with E-state index in [1.54, 1.807) is 0 Å². The second-order valence-electron chi connectivity index (χ2n) is 5.81. The summed E-state index contributed by atoms with van der Waals surface area (Å²) in [5.41, 5.74) is 0. The molecule has 0 fully saturated rings. The smallest absolute Gasteiger partial charge is 0.305 e. The first-order chi connectivity index (χ1) is 9.99. The average molecular weight is 299 g/mol. The van der Waals surface area contributed by atoms with Crippen molar-refractivity contribution in [1.29, 1.82) is 0 Å². The Balaban J connectivity index is 4.03. The molecule has 21 heavy (non-hydrogen) atoms. The zero-order valence-corrected chi connectivity index (χ0v) is 14.4. The van der Waals surface area contributed by atoms with Gasteiger partial charge in [0.25, 0.3) is 0 Å². The first kappa shape index (κ1) is 19.7. The van der Waals surface area contributed by atoms with Crippen LogP contribution in [0.2, 0.25) is 0 Å². The number of rotatable bonds is 10. The van der Waals surface area contributed by atoms with Crippen molar-refractivity contribution >= 4 is 11.9 Å². The van der Waals surface area contributed by atoms with Gasteiger partial charge in [-0.15, -0.1) is 0 Å². The third kappa shape index (κ3) is 12.2. The number of hydrogen-bond acceptors (Lipinski definition) is 3. The summed E-state index contributed by atoms with van der Waals surface area (Å²) in [4.78, 5) is 15.5. The van der Waals surface area contributed by atoms with Gasteiger partial charge in [0.05, 0.1) is 7.11 Å². The lowest BCUT2D eigenvalue weighted by molar-refractivity contribution is -0.140. The van der Waals surface area contributed by atoms with E-state index < -0.39 is 0 Å². The number of nitrogens with zero attached hydrogens (tertiary/aromatic N) is 1. The number of carbonyl (C=O) groups excluding carboxylic acids is 1. The Kier molecular flexibility index (Phi) is 11.7. The summed E-state index contributed by atoms with van der Waals surface area (Å²) in [6.07, 6.45) is 4.54. The van der Waals surface area contributed by atoms with E-state index in [0.717, 1.165) is 44.2 Å². The summed E-state index contributed by atoms with van der Waals surface area (Å²) < 4.78 is 4.62. The molecule has 5 heteroatoms. The summed E-state index contributed by atoms with van der Waals surface area (Å²) in [6.45, 7) is 10.3. The maximum Gasteiger partial charge on any atom is 0.305 e. The van der Waals surface area contributed by atoms with Crippen molar-refractivity contribution in [3.05, 3.63) is 0 Å². The van der Waals surface area contributed by atoms with Crippen LogP contribution in [0.4, 0.5) is 0 Å². The summed E-state index contributed by atoms with van der Waals surface area (Å²) in [5, 5.41) is 6.69. The van der Waals surface area contributed by atoms with Gasteiger partial charge in [-0.3, -0.25) is 9.79 Å². The Morgan fingerprint density at radius 3 is 2.48 bits per heavy atom. The highest BCUT2D eigenvalue weighted by molar-refractivity contribution is 5.80. The predicted molar refractivity (Wildman–Crippen MR) is 88.5 cm³/mol. The highest BCUT2D eigenvalue weighted by atomic mass is 16.5. The quantitative estimate of drug-likeness (QED) is 0.282. The molecule has 0 saturated heterocycles. The molecule has 0 spiro atoms. The van der Waals surface area contributed by atoms with Gasteiger partial charge < -0.3 is 15.4 Å². The van der Waals surface area contributed by atoms with Crippen molar-refractivity contribution < 1.29 is 9.53 Å². The van der Waals surface area contributed by atoms with Gasteiger partial charge in [-0.1, -0.05) is 13.8 Å². The van der Waals surface area contributed by atoms with E-state index in [4.69, 9.17) is 0 Å². The highest BCUT2D eigenvalue weighted by Gasteiger charge is 2.06. The molecule has 0 radical (unpaired) electrons. The van der Waals surface area contributed by atoms with Crippen molar-refractivity contribution in [2.24, 2.45) is 10.9 Å². The fourth-order valence-corrected chi connectivity index (χ4v) is 1.88. The summed E-state index contributed by atoms with van der Waals surface area (Å²) in [6, 6.07) is 0.417. The van der Waals surface area contributed by atoms with E-state index in [9.17, 15) is 4.79 Å². The molecule has 5 nitrogen and oxygen atoms in total. The fraction of sp³-hybridized carbons (Fsp3) is 0.875. The Bertz CT molecular complexity index is 304. The molecule has 0 aromatic carbocycles. The molecule has 0 aliphatic carbocycles. The molecule has 0 aromatic heterocycles. The summed E-state index contributed by atoms with van der Waals surface area (Å²) in [5.74, 6) is 1.45. The number of carbonyl (C=O) groups is 1. The van der Waals surface area contributed by atoms with Crippen LogP contribution in [-0.2, 0) is 9.53 Å². The molecule has 0 rings (SSSR count).